The molecule has 0 amide bonds. The van der Waals surface area contributed by atoms with Crippen LogP contribution >= 0.6 is 22.7 Å². The SMILES string of the molecule is CCCC(=O)c1sc2cscc2c1F. The van der Waals surface area contributed by atoms with Gasteiger partial charge in [0, 0.05) is 27.3 Å². The van der Waals surface area contributed by atoms with Crippen molar-refractivity contribution in [3.05, 3.63) is 21.5 Å². The predicted octanol–water partition coefficient (Wildman–Crippen LogP) is 4.08. The molecule has 0 aromatic carbocycles. The lowest BCUT2D eigenvalue weighted by Crippen LogP contribution is -1.96. The fourth-order valence-corrected chi connectivity index (χ4v) is 3.33. The first-order chi connectivity index (χ1) is 6.74. The van der Waals surface area contributed by atoms with Crippen molar-refractivity contribution in [1.82, 2.24) is 0 Å². The molecule has 0 aliphatic carbocycles. The van der Waals surface area contributed by atoms with Crippen molar-refractivity contribution < 1.29 is 9.18 Å². The Hall–Kier alpha value is -0.740. The average molecular weight is 228 g/mol. The highest BCUT2D eigenvalue weighted by molar-refractivity contribution is 7.24. The lowest BCUT2D eigenvalue weighted by atomic mass is 10.2. The number of carbonyl (C=O) groups is 1. The summed E-state index contributed by atoms with van der Waals surface area (Å²) in [5, 5.41) is 4.23. The number of carbonyl (C=O) groups excluding carboxylic acids is 1. The van der Waals surface area contributed by atoms with Gasteiger partial charge in [0.15, 0.2) is 11.6 Å². The number of thiophene rings is 2. The lowest BCUT2D eigenvalue weighted by molar-refractivity contribution is 0.0982. The molecule has 0 unspecified atom stereocenters. The van der Waals surface area contributed by atoms with Crippen LogP contribution in [0.25, 0.3) is 10.1 Å². The number of halogens is 1. The summed E-state index contributed by atoms with van der Waals surface area (Å²) in [5.74, 6) is -0.402. The van der Waals surface area contributed by atoms with Crippen LogP contribution in [0.15, 0.2) is 10.8 Å². The van der Waals surface area contributed by atoms with E-state index in [9.17, 15) is 9.18 Å². The van der Waals surface area contributed by atoms with Crippen LogP contribution in [0.4, 0.5) is 4.39 Å². The third kappa shape index (κ3) is 1.48. The monoisotopic (exact) mass is 228 g/mol. The van der Waals surface area contributed by atoms with E-state index in [0.29, 0.717) is 16.7 Å². The van der Waals surface area contributed by atoms with E-state index in [2.05, 4.69) is 0 Å². The summed E-state index contributed by atoms with van der Waals surface area (Å²) in [7, 11) is 0. The van der Waals surface area contributed by atoms with Crippen LogP contribution in [0.5, 0.6) is 0 Å². The molecule has 14 heavy (non-hydrogen) atoms. The van der Waals surface area contributed by atoms with Crippen LogP contribution in [0, 0.1) is 5.82 Å². The Labute approximate surface area is 89.2 Å². The van der Waals surface area contributed by atoms with Crippen LogP contribution in [-0.4, -0.2) is 5.78 Å². The second-order valence-electron chi connectivity index (χ2n) is 3.07. The fourth-order valence-electron chi connectivity index (χ4n) is 1.32. The van der Waals surface area contributed by atoms with Gasteiger partial charge in [-0.25, -0.2) is 4.39 Å². The molecule has 0 radical (unpaired) electrons. The van der Waals surface area contributed by atoms with Gasteiger partial charge in [-0.2, -0.15) is 11.3 Å². The summed E-state index contributed by atoms with van der Waals surface area (Å²) >= 11 is 2.73. The van der Waals surface area contributed by atoms with Crippen LogP contribution in [0.3, 0.4) is 0 Å². The minimum absolute atomic E-state index is 0.0730. The zero-order chi connectivity index (χ0) is 10.1. The Bertz CT molecular complexity index is 469. The maximum Gasteiger partial charge on any atom is 0.175 e. The van der Waals surface area contributed by atoms with Crippen molar-refractivity contribution in [2.45, 2.75) is 19.8 Å². The first kappa shape index (κ1) is 9.80. The molecule has 1 nitrogen and oxygen atoms in total. The minimum atomic E-state index is -0.329. The maximum atomic E-state index is 13.6. The van der Waals surface area contributed by atoms with E-state index >= 15 is 0 Å². The van der Waals surface area contributed by atoms with E-state index in [0.717, 1.165) is 11.1 Å². The van der Waals surface area contributed by atoms with Crippen LogP contribution in [0.2, 0.25) is 0 Å². The average Bonchev–Trinajstić information content (AvgIpc) is 2.69. The molecule has 0 N–H and O–H groups in total. The normalized spacial score (nSPS) is 11.0. The second kappa shape index (κ2) is 3.79. The smallest absolute Gasteiger partial charge is 0.175 e. The van der Waals surface area contributed by atoms with Crippen molar-refractivity contribution in [2.24, 2.45) is 0 Å². The highest BCUT2D eigenvalue weighted by Crippen LogP contribution is 2.33. The van der Waals surface area contributed by atoms with Gasteiger partial charge in [-0.1, -0.05) is 6.92 Å². The number of rotatable bonds is 3. The highest BCUT2D eigenvalue weighted by atomic mass is 32.1. The van der Waals surface area contributed by atoms with Gasteiger partial charge in [-0.15, -0.1) is 11.3 Å². The largest absolute Gasteiger partial charge is 0.293 e. The molecule has 0 atom stereocenters. The van der Waals surface area contributed by atoms with E-state index in [-0.39, 0.29) is 11.6 Å². The molecule has 0 spiro atoms. The fraction of sp³-hybridized carbons (Fsp3) is 0.300. The molecule has 2 rings (SSSR count). The van der Waals surface area contributed by atoms with Crippen LogP contribution < -0.4 is 0 Å². The van der Waals surface area contributed by atoms with Crippen LogP contribution in [-0.2, 0) is 0 Å². The lowest BCUT2D eigenvalue weighted by Gasteiger charge is -1.93. The molecule has 0 saturated heterocycles. The van der Waals surface area contributed by atoms with Crippen molar-refractivity contribution in [3.63, 3.8) is 0 Å². The molecule has 74 valence electrons. The number of fused-ring (bicyclic) bond motifs is 1. The zero-order valence-corrected chi connectivity index (χ0v) is 9.30. The first-order valence-electron chi connectivity index (χ1n) is 4.41. The van der Waals surface area contributed by atoms with Crippen LogP contribution in [0.1, 0.15) is 29.4 Å². The maximum absolute atomic E-state index is 13.6. The van der Waals surface area contributed by atoms with Gasteiger partial charge in [-0.3, -0.25) is 4.79 Å². The van der Waals surface area contributed by atoms with Gasteiger partial charge in [0.25, 0.3) is 0 Å². The van der Waals surface area contributed by atoms with E-state index < -0.39 is 0 Å². The molecule has 0 saturated carbocycles. The Kier molecular flexibility index (Phi) is 2.65. The molecule has 4 heteroatoms. The Morgan fingerprint density at radius 2 is 2.29 bits per heavy atom. The summed E-state index contributed by atoms with van der Waals surface area (Å²) in [5.41, 5.74) is 0. The first-order valence-corrected chi connectivity index (χ1v) is 6.17. The number of ketones is 1. The molecule has 2 heterocycles. The number of Topliss-reactive ketones (excluding diaryl/α,β-unsaturated/α-hetero) is 1. The summed E-state index contributed by atoms with van der Waals surface area (Å²) in [4.78, 5) is 11.8. The van der Waals surface area contributed by atoms with Gasteiger partial charge >= 0.3 is 0 Å². The minimum Gasteiger partial charge on any atom is -0.293 e. The number of hydrogen-bond acceptors (Lipinski definition) is 3. The van der Waals surface area contributed by atoms with Gasteiger partial charge in [0.05, 0.1) is 0 Å². The second-order valence-corrected chi connectivity index (χ2v) is 4.86. The highest BCUT2D eigenvalue weighted by Gasteiger charge is 2.17. The van der Waals surface area contributed by atoms with Crippen molar-refractivity contribution in [1.29, 1.82) is 0 Å². The molecular formula is C10H9FOS2. The van der Waals surface area contributed by atoms with E-state index in [1.165, 1.54) is 22.7 Å². The molecule has 2 aromatic heterocycles. The van der Waals surface area contributed by atoms with E-state index in [1.807, 2.05) is 12.3 Å². The van der Waals surface area contributed by atoms with Crippen molar-refractivity contribution >= 4 is 38.5 Å². The quantitative estimate of drug-likeness (QED) is 0.723. The Morgan fingerprint density at radius 1 is 1.50 bits per heavy atom. The molecule has 0 aliphatic heterocycles. The van der Waals surface area contributed by atoms with E-state index in [1.54, 1.807) is 5.38 Å². The van der Waals surface area contributed by atoms with Crippen molar-refractivity contribution in [2.75, 3.05) is 0 Å². The third-order valence-electron chi connectivity index (χ3n) is 2.00. The van der Waals surface area contributed by atoms with Gasteiger partial charge in [0.2, 0.25) is 0 Å². The molecule has 0 fully saturated rings. The molecule has 2 aromatic rings. The van der Waals surface area contributed by atoms with Gasteiger partial charge in [-0.05, 0) is 6.42 Å². The Balaban J connectivity index is 2.47. The summed E-state index contributed by atoms with van der Waals surface area (Å²) < 4.78 is 14.5. The van der Waals surface area contributed by atoms with Crippen molar-refractivity contribution in [3.8, 4) is 0 Å². The standard InChI is InChI=1S/C10H9FOS2/c1-2-3-7(12)10-9(11)6-4-13-5-8(6)14-10/h4-5H,2-3H2,1H3. The summed E-state index contributed by atoms with van der Waals surface area (Å²) in [6, 6.07) is 0. The Morgan fingerprint density at radius 3 is 2.93 bits per heavy atom. The summed E-state index contributed by atoms with van der Waals surface area (Å²) in [6.07, 6.45) is 1.20. The van der Waals surface area contributed by atoms with E-state index in [4.69, 9.17) is 0 Å². The zero-order valence-electron chi connectivity index (χ0n) is 7.67. The summed E-state index contributed by atoms with van der Waals surface area (Å²) in [6.45, 7) is 1.92. The third-order valence-corrected chi connectivity index (χ3v) is 4.07. The van der Waals surface area contributed by atoms with Gasteiger partial charge in [0.1, 0.15) is 4.88 Å². The molecule has 0 bridgehead atoms. The predicted molar refractivity (Wildman–Crippen MR) is 58.9 cm³/mol. The molecule has 0 aliphatic rings. The topological polar surface area (TPSA) is 17.1 Å². The number of hydrogen-bond donors (Lipinski definition) is 0. The molecular weight excluding hydrogens is 219 g/mol. The van der Waals surface area contributed by atoms with Gasteiger partial charge < -0.3 is 0 Å².